The summed E-state index contributed by atoms with van der Waals surface area (Å²) >= 11 is 1.45. The Morgan fingerprint density at radius 3 is 2.62 bits per heavy atom. The molecule has 0 spiro atoms. The zero-order chi connectivity index (χ0) is 16.2. The molecule has 1 aromatic carbocycles. The van der Waals surface area contributed by atoms with E-state index in [1.54, 1.807) is 35.7 Å². The first-order valence-electron chi connectivity index (χ1n) is 7.61. The highest BCUT2D eigenvalue weighted by molar-refractivity contribution is 7.08. The van der Waals surface area contributed by atoms with Gasteiger partial charge < -0.3 is 16.4 Å². The molecule has 1 aromatic heterocycles. The average molecular weight is 366 g/mol. The highest BCUT2D eigenvalue weighted by Gasteiger charge is 2.28. The van der Waals surface area contributed by atoms with Gasteiger partial charge in [0.1, 0.15) is 0 Å². The van der Waals surface area contributed by atoms with Crippen molar-refractivity contribution in [2.75, 3.05) is 11.9 Å². The second kappa shape index (κ2) is 8.28. The minimum absolute atomic E-state index is 0. The Morgan fingerprint density at radius 2 is 1.96 bits per heavy atom. The molecule has 0 radical (unpaired) electrons. The predicted molar refractivity (Wildman–Crippen MR) is 99.0 cm³/mol. The monoisotopic (exact) mass is 365 g/mol. The Bertz CT molecular complexity index is 702. The van der Waals surface area contributed by atoms with Crippen LogP contribution in [0.4, 0.5) is 5.69 Å². The van der Waals surface area contributed by atoms with Crippen molar-refractivity contribution in [2.45, 2.75) is 18.9 Å². The number of carbonyl (C=O) groups excluding carboxylic acids is 2. The molecule has 2 amide bonds. The van der Waals surface area contributed by atoms with Crippen LogP contribution in [-0.2, 0) is 0 Å². The van der Waals surface area contributed by atoms with E-state index in [-0.39, 0.29) is 30.3 Å². The van der Waals surface area contributed by atoms with E-state index < -0.39 is 0 Å². The van der Waals surface area contributed by atoms with Gasteiger partial charge in [0.25, 0.3) is 11.8 Å². The van der Waals surface area contributed by atoms with Gasteiger partial charge in [-0.3, -0.25) is 9.59 Å². The third-order valence-corrected chi connectivity index (χ3v) is 4.61. The van der Waals surface area contributed by atoms with Crippen molar-refractivity contribution in [1.82, 2.24) is 5.32 Å². The summed E-state index contributed by atoms with van der Waals surface area (Å²) in [5, 5.41) is 9.26. The topological polar surface area (TPSA) is 84.2 Å². The molecule has 0 aliphatic heterocycles. The zero-order valence-electron chi connectivity index (χ0n) is 13.0. The average Bonchev–Trinajstić information content (AvgIpc) is 3.27. The number of hydrogen-bond acceptors (Lipinski definition) is 4. The summed E-state index contributed by atoms with van der Waals surface area (Å²) in [6, 6.07) is 8.73. The van der Waals surface area contributed by atoms with E-state index in [0.717, 1.165) is 12.8 Å². The molecular formula is C17H20ClN3O2S. The molecule has 128 valence electrons. The van der Waals surface area contributed by atoms with Gasteiger partial charge in [-0.1, -0.05) is 12.1 Å². The van der Waals surface area contributed by atoms with Gasteiger partial charge in [0.15, 0.2) is 0 Å². The quantitative estimate of drug-likeness (QED) is 0.735. The first-order chi connectivity index (χ1) is 11.1. The van der Waals surface area contributed by atoms with E-state index in [1.807, 2.05) is 5.38 Å². The van der Waals surface area contributed by atoms with Crippen LogP contribution >= 0.6 is 23.7 Å². The summed E-state index contributed by atoms with van der Waals surface area (Å²) in [6.45, 7) is 0.455. The molecule has 1 fully saturated rings. The first kappa shape index (κ1) is 18.4. The maximum Gasteiger partial charge on any atom is 0.256 e. The number of thiophene rings is 1. The molecule has 0 saturated heterocycles. The molecule has 2 aromatic rings. The van der Waals surface area contributed by atoms with Crippen LogP contribution in [0.5, 0.6) is 0 Å². The van der Waals surface area contributed by atoms with Crippen LogP contribution < -0.4 is 16.4 Å². The van der Waals surface area contributed by atoms with Gasteiger partial charge in [-0.25, -0.2) is 0 Å². The molecule has 5 nitrogen and oxygen atoms in total. The van der Waals surface area contributed by atoms with Crippen LogP contribution in [0.1, 0.15) is 33.6 Å². The van der Waals surface area contributed by atoms with Crippen molar-refractivity contribution in [1.29, 1.82) is 0 Å². The highest BCUT2D eigenvalue weighted by Crippen LogP contribution is 2.31. The smallest absolute Gasteiger partial charge is 0.256 e. The van der Waals surface area contributed by atoms with Crippen LogP contribution in [0.3, 0.4) is 0 Å². The van der Waals surface area contributed by atoms with Crippen LogP contribution in [0.2, 0.25) is 0 Å². The molecule has 1 atom stereocenters. The molecule has 1 saturated carbocycles. The number of amides is 2. The van der Waals surface area contributed by atoms with E-state index in [0.29, 0.717) is 29.3 Å². The molecule has 4 N–H and O–H groups in total. The van der Waals surface area contributed by atoms with Gasteiger partial charge in [-0.05, 0) is 42.3 Å². The van der Waals surface area contributed by atoms with Crippen molar-refractivity contribution >= 4 is 41.2 Å². The number of benzene rings is 1. The van der Waals surface area contributed by atoms with Crippen LogP contribution in [-0.4, -0.2) is 24.4 Å². The summed E-state index contributed by atoms with van der Waals surface area (Å²) < 4.78 is 0. The summed E-state index contributed by atoms with van der Waals surface area (Å²) in [6.07, 6.45) is 2.29. The molecule has 3 rings (SSSR count). The second-order valence-corrected chi connectivity index (χ2v) is 6.50. The molecule has 1 aliphatic rings. The number of halogens is 1. The summed E-state index contributed by atoms with van der Waals surface area (Å²) in [7, 11) is 0. The van der Waals surface area contributed by atoms with Crippen molar-refractivity contribution < 1.29 is 9.59 Å². The van der Waals surface area contributed by atoms with Crippen molar-refractivity contribution in [3.8, 4) is 0 Å². The lowest BCUT2D eigenvalue weighted by atomic mass is 10.1. The minimum Gasteiger partial charge on any atom is -0.350 e. The van der Waals surface area contributed by atoms with Crippen LogP contribution in [0.15, 0.2) is 41.1 Å². The lowest BCUT2D eigenvalue weighted by molar-refractivity contribution is 0.0951. The highest BCUT2D eigenvalue weighted by atomic mass is 35.5. The Morgan fingerprint density at radius 1 is 1.21 bits per heavy atom. The maximum atomic E-state index is 12.4. The van der Waals surface area contributed by atoms with E-state index in [9.17, 15) is 9.59 Å². The Hall–Kier alpha value is -1.89. The number of carbonyl (C=O) groups is 2. The van der Waals surface area contributed by atoms with Gasteiger partial charge >= 0.3 is 0 Å². The fourth-order valence-corrected chi connectivity index (χ4v) is 3.01. The lowest BCUT2D eigenvalue weighted by Gasteiger charge is -2.14. The third-order valence-electron chi connectivity index (χ3n) is 3.93. The summed E-state index contributed by atoms with van der Waals surface area (Å²) in [5.74, 6) is 0.0901. The van der Waals surface area contributed by atoms with Gasteiger partial charge in [0, 0.05) is 18.0 Å². The van der Waals surface area contributed by atoms with Gasteiger partial charge in [-0.15, -0.1) is 12.4 Å². The van der Waals surface area contributed by atoms with Gasteiger partial charge in [0.2, 0.25) is 0 Å². The van der Waals surface area contributed by atoms with E-state index in [1.165, 1.54) is 11.3 Å². The van der Waals surface area contributed by atoms with Gasteiger partial charge in [0.05, 0.1) is 16.8 Å². The fourth-order valence-electron chi connectivity index (χ4n) is 2.38. The SMILES string of the molecule is Cl.NC(CNC(=O)c1ccccc1NC(=O)c1ccsc1)C1CC1. The molecule has 1 unspecified atom stereocenters. The number of nitrogens with two attached hydrogens (primary N) is 1. The molecular weight excluding hydrogens is 346 g/mol. The van der Waals surface area contributed by atoms with Crippen LogP contribution in [0, 0.1) is 5.92 Å². The Kier molecular flexibility index (Phi) is 6.36. The molecule has 24 heavy (non-hydrogen) atoms. The summed E-state index contributed by atoms with van der Waals surface area (Å²) in [5.41, 5.74) is 7.53. The molecule has 1 aliphatic carbocycles. The van der Waals surface area contributed by atoms with Gasteiger partial charge in [-0.2, -0.15) is 11.3 Å². The lowest BCUT2D eigenvalue weighted by Crippen LogP contribution is -2.38. The van der Waals surface area contributed by atoms with Crippen molar-refractivity contribution in [2.24, 2.45) is 11.7 Å². The number of nitrogens with one attached hydrogen (secondary N) is 2. The predicted octanol–water partition coefficient (Wildman–Crippen LogP) is 2.89. The number of anilines is 1. The number of para-hydroxylation sites is 1. The number of rotatable bonds is 6. The van der Waals surface area contributed by atoms with Crippen LogP contribution in [0.25, 0.3) is 0 Å². The van der Waals surface area contributed by atoms with Crippen molar-refractivity contribution in [3.63, 3.8) is 0 Å². The molecule has 7 heteroatoms. The van der Waals surface area contributed by atoms with E-state index in [2.05, 4.69) is 10.6 Å². The molecule has 0 bridgehead atoms. The normalized spacial score (nSPS) is 14.4. The first-order valence-corrected chi connectivity index (χ1v) is 8.56. The summed E-state index contributed by atoms with van der Waals surface area (Å²) in [4.78, 5) is 24.5. The minimum atomic E-state index is -0.221. The largest absolute Gasteiger partial charge is 0.350 e. The number of hydrogen-bond donors (Lipinski definition) is 3. The Labute approximate surface area is 151 Å². The van der Waals surface area contributed by atoms with E-state index in [4.69, 9.17) is 5.73 Å². The van der Waals surface area contributed by atoms with E-state index >= 15 is 0 Å². The van der Waals surface area contributed by atoms with Crippen molar-refractivity contribution in [3.05, 3.63) is 52.2 Å². The Balaban J connectivity index is 0.00000208. The third kappa shape index (κ3) is 4.56. The standard InChI is InChI=1S/C17H19N3O2S.ClH/c18-14(11-5-6-11)9-19-17(22)13-3-1-2-4-15(13)20-16(21)12-7-8-23-10-12;/h1-4,7-8,10-11,14H,5-6,9,18H2,(H,19,22)(H,20,21);1H. The molecule has 1 heterocycles. The fraction of sp³-hybridized carbons (Fsp3) is 0.294. The zero-order valence-corrected chi connectivity index (χ0v) is 14.7. The maximum absolute atomic E-state index is 12.4. The second-order valence-electron chi connectivity index (χ2n) is 5.72.